The minimum absolute atomic E-state index is 0.269. The number of carbonyl (C=O) groups is 1. The molecule has 0 rings (SSSR count). The van der Waals surface area contributed by atoms with Crippen LogP contribution in [0.15, 0.2) is 0 Å². The highest BCUT2D eigenvalue weighted by Gasteiger charge is 2.04. The summed E-state index contributed by atoms with van der Waals surface area (Å²) in [5, 5.41) is 0. The number of halogens is 1. The predicted octanol–water partition coefficient (Wildman–Crippen LogP) is 2.53. The first-order valence-electron chi connectivity index (χ1n) is 3.30. The van der Waals surface area contributed by atoms with Crippen molar-refractivity contribution in [2.24, 2.45) is 0 Å². The van der Waals surface area contributed by atoms with Crippen LogP contribution in [0.2, 0.25) is 0 Å². The Kier molecular flexibility index (Phi) is 5.06. The molecular weight excluding hydrogens is 180 g/mol. The maximum atomic E-state index is 10.5. The standard InChI is InChI=1S/C7H13BrO/c1-3-4-7(8)5-6(2)9/h7H,3-5H2,1-2H3. The second-order valence-corrected chi connectivity index (χ2v) is 3.59. The maximum Gasteiger partial charge on any atom is 0.130 e. The fourth-order valence-electron chi connectivity index (χ4n) is 0.727. The van der Waals surface area contributed by atoms with E-state index >= 15 is 0 Å². The van der Waals surface area contributed by atoms with Gasteiger partial charge in [0.25, 0.3) is 0 Å². The summed E-state index contributed by atoms with van der Waals surface area (Å²) in [5.41, 5.74) is 0. The Labute approximate surface area is 65.0 Å². The van der Waals surface area contributed by atoms with Crippen molar-refractivity contribution in [1.29, 1.82) is 0 Å². The third kappa shape index (κ3) is 6.03. The topological polar surface area (TPSA) is 17.1 Å². The molecule has 1 nitrogen and oxygen atoms in total. The van der Waals surface area contributed by atoms with Crippen LogP contribution < -0.4 is 0 Å². The zero-order valence-electron chi connectivity index (χ0n) is 5.98. The molecule has 54 valence electrons. The van der Waals surface area contributed by atoms with E-state index in [1.54, 1.807) is 6.92 Å². The minimum atomic E-state index is 0.269. The van der Waals surface area contributed by atoms with Gasteiger partial charge in [-0.3, -0.25) is 4.79 Å². The van der Waals surface area contributed by atoms with E-state index in [2.05, 4.69) is 22.9 Å². The van der Waals surface area contributed by atoms with E-state index in [1.807, 2.05) is 0 Å². The quantitative estimate of drug-likeness (QED) is 0.627. The fraction of sp³-hybridized carbons (Fsp3) is 0.857. The number of alkyl halides is 1. The fourth-order valence-corrected chi connectivity index (χ4v) is 1.64. The van der Waals surface area contributed by atoms with E-state index in [9.17, 15) is 4.79 Å². The van der Waals surface area contributed by atoms with Crippen LogP contribution in [0.5, 0.6) is 0 Å². The molecule has 0 saturated carbocycles. The van der Waals surface area contributed by atoms with Gasteiger partial charge in [0, 0.05) is 11.2 Å². The van der Waals surface area contributed by atoms with Gasteiger partial charge in [0.05, 0.1) is 0 Å². The number of ketones is 1. The molecule has 1 unspecified atom stereocenters. The highest BCUT2D eigenvalue weighted by Crippen LogP contribution is 2.11. The molecule has 0 aliphatic rings. The first kappa shape index (κ1) is 9.15. The summed E-state index contributed by atoms with van der Waals surface area (Å²) in [4.78, 5) is 10.9. The molecule has 0 aromatic heterocycles. The van der Waals surface area contributed by atoms with Gasteiger partial charge < -0.3 is 0 Å². The SMILES string of the molecule is CCCC(Br)CC(C)=O. The third-order valence-electron chi connectivity index (χ3n) is 1.11. The molecule has 0 aliphatic carbocycles. The largest absolute Gasteiger partial charge is 0.300 e. The zero-order chi connectivity index (χ0) is 7.28. The van der Waals surface area contributed by atoms with E-state index in [0.29, 0.717) is 11.2 Å². The van der Waals surface area contributed by atoms with Gasteiger partial charge in [-0.25, -0.2) is 0 Å². The summed E-state index contributed by atoms with van der Waals surface area (Å²) in [7, 11) is 0. The lowest BCUT2D eigenvalue weighted by Crippen LogP contribution is -2.02. The summed E-state index contributed by atoms with van der Waals surface area (Å²) in [6.07, 6.45) is 2.91. The van der Waals surface area contributed by atoms with Crippen molar-refractivity contribution in [3.8, 4) is 0 Å². The van der Waals surface area contributed by atoms with Crippen molar-refractivity contribution in [2.75, 3.05) is 0 Å². The van der Waals surface area contributed by atoms with E-state index in [-0.39, 0.29) is 5.78 Å². The summed E-state index contributed by atoms with van der Waals surface area (Å²) >= 11 is 3.42. The van der Waals surface area contributed by atoms with Crippen LogP contribution in [0.3, 0.4) is 0 Å². The smallest absolute Gasteiger partial charge is 0.130 e. The molecule has 0 aliphatic heterocycles. The molecule has 0 amide bonds. The average Bonchev–Trinajstić information content (AvgIpc) is 1.63. The lowest BCUT2D eigenvalue weighted by Gasteiger charge is -2.02. The van der Waals surface area contributed by atoms with Gasteiger partial charge in [-0.1, -0.05) is 29.3 Å². The molecule has 0 spiro atoms. The molecule has 0 N–H and O–H groups in total. The molecule has 0 radical (unpaired) electrons. The van der Waals surface area contributed by atoms with Crippen LogP contribution in [0.25, 0.3) is 0 Å². The van der Waals surface area contributed by atoms with E-state index < -0.39 is 0 Å². The molecule has 9 heavy (non-hydrogen) atoms. The first-order valence-corrected chi connectivity index (χ1v) is 4.22. The highest BCUT2D eigenvalue weighted by molar-refractivity contribution is 9.09. The van der Waals surface area contributed by atoms with Gasteiger partial charge in [0.15, 0.2) is 0 Å². The first-order chi connectivity index (χ1) is 4.16. The van der Waals surface area contributed by atoms with E-state index in [4.69, 9.17) is 0 Å². The van der Waals surface area contributed by atoms with E-state index in [0.717, 1.165) is 12.8 Å². The van der Waals surface area contributed by atoms with Gasteiger partial charge >= 0.3 is 0 Å². The predicted molar refractivity (Wildman–Crippen MR) is 42.9 cm³/mol. The Morgan fingerprint density at radius 3 is 2.56 bits per heavy atom. The molecule has 0 bridgehead atoms. The molecule has 0 heterocycles. The summed E-state index contributed by atoms with van der Waals surface area (Å²) < 4.78 is 0. The van der Waals surface area contributed by atoms with Crippen molar-refractivity contribution < 1.29 is 4.79 Å². The zero-order valence-corrected chi connectivity index (χ0v) is 7.57. The second kappa shape index (κ2) is 4.98. The third-order valence-corrected chi connectivity index (χ3v) is 1.89. The summed E-state index contributed by atoms with van der Waals surface area (Å²) in [5.74, 6) is 0.269. The summed E-state index contributed by atoms with van der Waals surface area (Å²) in [6.45, 7) is 3.75. The minimum Gasteiger partial charge on any atom is -0.300 e. The van der Waals surface area contributed by atoms with Gasteiger partial charge in [0.2, 0.25) is 0 Å². The van der Waals surface area contributed by atoms with E-state index in [1.165, 1.54) is 0 Å². The lowest BCUT2D eigenvalue weighted by molar-refractivity contribution is -0.116. The molecule has 0 aromatic rings. The molecular formula is C7H13BrO. The Bertz CT molecular complexity index is 90.9. The molecule has 0 aromatic carbocycles. The monoisotopic (exact) mass is 192 g/mol. The van der Waals surface area contributed by atoms with Gasteiger partial charge in [-0.15, -0.1) is 0 Å². The van der Waals surface area contributed by atoms with Crippen LogP contribution in [-0.4, -0.2) is 10.6 Å². The molecule has 0 saturated heterocycles. The molecule has 1 atom stereocenters. The average molecular weight is 193 g/mol. The summed E-state index contributed by atoms with van der Waals surface area (Å²) in [6, 6.07) is 0. The highest BCUT2D eigenvalue weighted by atomic mass is 79.9. The maximum absolute atomic E-state index is 10.5. The van der Waals surface area contributed by atoms with Crippen molar-refractivity contribution in [3.05, 3.63) is 0 Å². The van der Waals surface area contributed by atoms with Crippen molar-refractivity contribution in [3.63, 3.8) is 0 Å². The number of carbonyl (C=O) groups excluding carboxylic acids is 1. The number of Topliss-reactive ketones (excluding diaryl/α,β-unsaturated/α-hetero) is 1. The Hall–Kier alpha value is 0.150. The number of rotatable bonds is 4. The number of hydrogen-bond acceptors (Lipinski definition) is 1. The lowest BCUT2D eigenvalue weighted by atomic mass is 10.1. The van der Waals surface area contributed by atoms with Crippen molar-refractivity contribution in [2.45, 2.75) is 37.9 Å². The Morgan fingerprint density at radius 1 is 1.67 bits per heavy atom. The van der Waals surface area contributed by atoms with Crippen LogP contribution >= 0.6 is 15.9 Å². The van der Waals surface area contributed by atoms with Gasteiger partial charge in [-0.05, 0) is 13.3 Å². The molecule has 2 heteroatoms. The van der Waals surface area contributed by atoms with Crippen LogP contribution in [0.1, 0.15) is 33.1 Å². The Morgan fingerprint density at radius 2 is 2.22 bits per heavy atom. The van der Waals surface area contributed by atoms with Crippen molar-refractivity contribution >= 4 is 21.7 Å². The van der Waals surface area contributed by atoms with Crippen LogP contribution in [0, 0.1) is 0 Å². The number of hydrogen-bond donors (Lipinski definition) is 0. The van der Waals surface area contributed by atoms with Crippen LogP contribution in [-0.2, 0) is 4.79 Å². The van der Waals surface area contributed by atoms with Gasteiger partial charge in [0.1, 0.15) is 5.78 Å². The molecule has 0 fully saturated rings. The normalized spacial score (nSPS) is 13.2. The second-order valence-electron chi connectivity index (χ2n) is 2.29. The van der Waals surface area contributed by atoms with Crippen LogP contribution in [0.4, 0.5) is 0 Å². The Balaban J connectivity index is 3.26. The van der Waals surface area contributed by atoms with Gasteiger partial charge in [-0.2, -0.15) is 0 Å². The van der Waals surface area contributed by atoms with Crippen molar-refractivity contribution in [1.82, 2.24) is 0 Å².